The molecule has 1 heterocycles. The molecule has 0 aliphatic heterocycles. The first-order valence-electron chi connectivity index (χ1n) is 5.29. The maximum Gasteiger partial charge on any atom is 0.246 e. The normalized spacial score (nSPS) is 11.2. The zero-order chi connectivity index (χ0) is 13.8. The van der Waals surface area contributed by atoms with Crippen LogP contribution in [-0.2, 0) is 14.8 Å². The highest BCUT2D eigenvalue weighted by Crippen LogP contribution is 1.99. The van der Waals surface area contributed by atoms with Gasteiger partial charge < -0.3 is 9.88 Å². The highest BCUT2D eigenvalue weighted by molar-refractivity contribution is 7.89. The molecule has 1 aromatic heterocycles. The summed E-state index contributed by atoms with van der Waals surface area (Å²) in [5, 5.41) is 0. The van der Waals surface area contributed by atoms with Crippen molar-refractivity contribution in [1.82, 2.24) is 14.6 Å². The summed E-state index contributed by atoms with van der Waals surface area (Å²) in [5.74, 6) is -0.367. The Morgan fingerprint density at radius 2 is 2.17 bits per heavy atom. The van der Waals surface area contributed by atoms with Gasteiger partial charge in [0.05, 0.1) is 6.54 Å². The van der Waals surface area contributed by atoms with Gasteiger partial charge in [-0.15, -0.1) is 0 Å². The van der Waals surface area contributed by atoms with E-state index in [9.17, 15) is 18.0 Å². The zero-order valence-corrected chi connectivity index (χ0v) is 11.0. The van der Waals surface area contributed by atoms with Crippen molar-refractivity contribution < 1.29 is 13.2 Å². The van der Waals surface area contributed by atoms with Crippen LogP contribution in [0, 0.1) is 0 Å². The SMILES string of the molecule is CCN(C)C(=O)CNS(=O)(=O)c1c[nH]ccc1=O. The van der Waals surface area contributed by atoms with Crippen molar-refractivity contribution in [2.45, 2.75) is 11.8 Å². The third-order valence-corrected chi connectivity index (χ3v) is 3.81. The van der Waals surface area contributed by atoms with Gasteiger partial charge in [0, 0.05) is 32.1 Å². The molecule has 0 atom stereocenters. The summed E-state index contributed by atoms with van der Waals surface area (Å²) in [7, 11) is -2.41. The highest BCUT2D eigenvalue weighted by atomic mass is 32.2. The molecule has 0 saturated heterocycles. The fourth-order valence-corrected chi connectivity index (χ4v) is 2.18. The van der Waals surface area contributed by atoms with Crippen LogP contribution in [-0.4, -0.2) is 44.3 Å². The van der Waals surface area contributed by atoms with Crippen molar-refractivity contribution >= 4 is 15.9 Å². The number of carbonyl (C=O) groups is 1. The van der Waals surface area contributed by atoms with Crippen LogP contribution < -0.4 is 10.2 Å². The number of likely N-dealkylation sites (N-methyl/N-ethyl adjacent to an activating group) is 1. The molecule has 0 aromatic carbocycles. The molecule has 0 fully saturated rings. The smallest absolute Gasteiger partial charge is 0.246 e. The highest BCUT2D eigenvalue weighted by Gasteiger charge is 2.19. The molecular weight excluding hydrogens is 258 g/mol. The molecule has 0 radical (unpaired) electrons. The molecule has 0 spiro atoms. The Bertz CT molecular complexity index is 579. The molecule has 1 aromatic rings. The third-order valence-electron chi connectivity index (χ3n) is 2.39. The predicted octanol–water partition coefficient (Wildman–Crippen LogP) is -0.868. The van der Waals surface area contributed by atoms with E-state index < -0.39 is 20.3 Å². The Morgan fingerprint density at radius 3 is 2.72 bits per heavy atom. The topological polar surface area (TPSA) is 99.3 Å². The van der Waals surface area contributed by atoms with Crippen LogP contribution in [0.3, 0.4) is 0 Å². The van der Waals surface area contributed by atoms with E-state index >= 15 is 0 Å². The summed E-state index contributed by atoms with van der Waals surface area (Å²) in [6.07, 6.45) is 2.41. The van der Waals surface area contributed by atoms with Crippen molar-refractivity contribution in [3.8, 4) is 0 Å². The number of sulfonamides is 1. The lowest BCUT2D eigenvalue weighted by molar-refractivity contribution is -0.128. The van der Waals surface area contributed by atoms with E-state index in [4.69, 9.17) is 0 Å². The molecule has 1 amide bonds. The summed E-state index contributed by atoms with van der Waals surface area (Å²) in [6, 6.07) is 1.11. The summed E-state index contributed by atoms with van der Waals surface area (Å²) in [5.41, 5.74) is -0.627. The maximum atomic E-state index is 11.8. The van der Waals surface area contributed by atoms with Gasteiger partial charge in [0.2, 0.25) is 21.4 Å². The summed E-state index contributed by atoms with van der Waals surface area (Å²) in [4.78, 5) is 26.3. The van der Waals surface area contributed by atoms with Crippen LogP contribution in [0.25, 0.3) is 0 Å². The molecule has 8 heteroatoms. The minimum Gasteiger partial charge on any atom is -0.366 e. The van der Waals surface area contributed by atoms with Crippen molar-refractivity contribution in [3.63, 3.8) is 0 Å². The zero-order valence-electron chi connectivity index (χ0n) is 10.1. The molecule has 100 valence electrons. The van der Waals surface area contributed by atoms with Gasteiger partial charge in [0.1, 0.15) is 4.90 Å². The number of H-pyrrole nitrogens is 1. The number of amides is 1. The lowest BCUT2D eigenvalue weighted by Gasteiger charge is -2.14. The van der Waals surface area contributed by atoms with Crippen LogP contribution in [0.1, 0.15) is 6.92 Å². The van der Waals surface area contributed by atoms with Crippen LogP contribution in [0.5, 0.6) is 0 Å². The second-order valence-corrected chi connectivity index (χ2v) is 5.34. The molecule has 18 heavy (non-hydrogen) atoms. The molecule has 0 aliphatic carbocycles. The number of pyridine rings is 1. The molecular formula is C10H15N3O4S. The van der Waals surface area contributed by atoms with E-state index in [2.05, 4.69) is 9.71 Å². The van der Waals surface area contributed by atoms with Crippen LogP contribution in [0.4, 0.5) is 0 Å². The van der Waals surface area contributed by atoms with Crippen LogP contribution in [0.2, 0.25) is 0 Å². The van der Waals surface area contributed by atoms with Gasteiger partial charge in [0.15, 0.2) is 0 Å². The Morgan fingerprint density at radius 1 is 1.50 bits per heavy atom. The Balaban J connectivity index is 2.82. The third kappa shape index (κ3) is 3.41. The molecule has 1 rings (SSSR count). The number of hydrogen-bond acceptors (Lipinski definition) is 4. The van der Waals surface area contributed by atoms with Gasteiger partial charge in [-0.05, 0) is 6.92 Å². The summed E-state index contributed by atoms with van der Waals surface area (Å²) >= 11 is 0. The van der Waals surface area contributed by atoms with E-state index in [1.807, 2.05) is 0 Å². The van der Waals surface area contributed by atoms with E-state index in [1.165, 1.54) is 11.1 Å². The lowest BCUT2D eigenvalue weighted by atomic mass is 10.5. The first-order valence-corrected chi connectivity index (χ1v) is 6.77. The average molecular weight is 273 g/mol. The maximum absolute atomic E-state index is 11.8. The van der Waals surface area contributed by atoms with Crippen molar-refractivity contribution in [2.75, 3.05) is 20.1 Å². The van der Waals surface area contributed by atoms with Crippen LogP contribution >= 0.6 is 0 Å². The minimum absolute atomic E-state index is 0.367. The quantitative estimate of drug-likeness (QED) is 0.728. The fourth-order valence-electron chi connectivity index (χ4n) is 1.16. The fraction of sp³-hybridized carbons (Fsp3) is 0.400. The van der Waals surface area contributed by atoms with Gasteiger partial charge in [-0.2, -0.15) is 0 Å². The number of aromatic nitrogens is 1. The second kappa shape index (κ2) is 5.78. The molecule has 0 unspecified atom stereocenters. The predicted molar refractivity (Wildman–Crippen MR) is 65.6 cm³/mol. The minimum atomic E-state index is -3.97. The van der Waals surface area contributed by atoms with Gasteiger partial charge >= 0.3 is 0 Å². The van der Waals surface area contributed by atoms with Crippen LogP contribution in [0.15, 0.2) is 28.2 Å². The number of nitrogens with one attached hydrogen (secondary N) is 2. The largest absolute Gasteiger partial charge is 0.366 e. The lowest BCUT2D eigenvalue weighted by Crippen LogP contribution is -2.39. The number of rotatable bonds is 5. The number of hydrogen-bond donors (Lipinski definition) is 2. The standard InChI is InChI=1S/C10H15N3O4S/c1-3-13(2)10(15)7-12-18(16,17)9-6-11-5-4-8(9)14/h4-6,12H,3,7H2,1-2H3,(H,11,14). The summed E-state index contributed by atoms with van der Waals surface area (Å²) in [6.45, 7) is 1.88. The Labute approximate surface area is 105 Å². The number of carbonyl (C=O) groups excluding carboxylic acids is 1. The first-order chi connectivity index (χ1) is 8.38. The van der Waals surface area contributed by atoms with E-state index in [-0.39, 0.29) is 12.5 Å². The van der Waals surface area contributed by atoms with E-state index in [1.54, 1.807) is 14.0 Å². The monoisotopic (exact) mass is 273 g/mol. The van der Waals surface area contributed by atoms with Gasteiger partial charge in [-0.25, -0.2) is 13.1 Å². The van der Waals surface area contributed by atoms with Crippen molar-refractivity contribution in [1.29, 1.82) is 0 Å². The molecule has 2 N–H and O–H groups in total. The Kier molecular flexibility index (Phi) is 4.62. The van der Waals surface area contributed by atoms with E-state index in [0.717, 1.165) is 12.3 Å². The van der Waals surface area contributed by atoms with Crippen molar-refractivity contribution in [3.05, 3.63) is 28.7 Å². The van der Waals surface area contributed by atoms with E-state index in [0.29, 0.717) is 6.54 Å². The molecule has 0 aliphatic rings. The number of aromatic amines is 1. The summed E-state index contributed by atoms with van der Waals surface area (Å²) < 4.78 is 25.6. The first kappa shape index (κ1) is 14.4. The molecule has 0 saturated carbocycles. The molecule has 0 bridgehead atoms. The Hall–Kier alpha value is -1.67. The average Bonchev–Trinajstić information content (AvgIpc) is 2.35. The molecule has 7 nitrogen and oxygen atoms in total. The van der Waals surface area contributed by atoms with Crippen molar-refractivity contribution in [2.24, 2.45) is 0 Å². The second-order valence-electron chi connectivity index (χ2n) is 3.61. The van der Waals surface area contributed by atoms with Gasteiger partial charge in [-0.3, -0.25) is 9.59 Å². The van der Waals surface area contributed by atoms with Gasteiger partial charge in [0.25, 0.3) is 0 Å². The van der Waals surface area contributed by atoms with Gasteiger partial charge in [-0.1, -0.05) is 0 Å². The number of nitrogens with zero attached hydrogens (tertiary/aromatic N) is 1.